The lowest BCUT2D eigenvalue weighted by Gasteiger charge is -2.09. The maximum Gasteiger partial charge on any atom is 0.416 e. The van der Waals surface area contributed by atoms with Crippen molar-refractivity contribution in [1.29, 1.82) is 0 Å². The van der Waals surface area contributed by atoms with E-state index in [0.29, 0.717) is 9.79 Å². The summed E-state index contributed by atoms with van der Waals surface area (Å²) < 4.78 is 74.9. The molecule has 0 heterocycles. The van der Waals surface area contributed by atoms with Gasteiger partial charge in [0, 0.05) is 9.79 Å². The summed E-state index contributed by atoms with van der Waals surface area (Å²) >= 11 is 0.970. The highest BCUT2D eigenvalue weighted by molar-refractivity contribution is 7.99. The summed E-state index contributed by atoms with van der Waals surface area (Å²) in [6, 6.07) is 8.89. The van der Waals surface area contributed by atoms with Crippen molar-refractivity contribution in [3.05, 3.63) is 59.7 Å². The Morgan fingerprint density at radius 3 is 1.71 bits per heavy atom. The van der Waals surface area contributed by atoms with Gasteiger partial charge in [0.05, 0.1) is 11.1 Å². The number of halogens is 6. The molecule has 0 aromatic heterocycles. The highest BCUT2D eigenvalue weighted by atomic mass is 32.2. The molecule has 0 saturated carbocycles. The molecule has 0 atom stereocenters. The molecule has 2 rings (SSSR count). The van der Waals surface area contributed by atoms with E-state index in [4.69, 9.17) is 0 Å². The number of hydrogen-bond donors (Lipinski definition) is 0. The Kier molecular flexibility index (Phi) is 4.22. The molecule has 0 radical (unpaired) electrons. The van der Waals surface area contributed by atoms with Crippen LogP contribution in [0.25, 0.3) is 0 Å². The average Bonchev–Trinajstić information content (AvgIpc) is 2.37. The minimum atomic E-state index is -4.45. The minimum Gasteiger partial charge on any atom is -0.166 e. The summed E-state index contributed by atoms with van der Waals surface area (Å²) in [6.45, 7) is 0. The van der Waals surface area contributed by atoms with Crippen molar-refractivity contribution in [2.45, 2.75) is 22.1 Å². The topological polar surface area (TPSA) is 0 Å². The molecule has 2 aromatic carbocycles. The summed E-state index contributed by atoms with van der Waals surface area (Å²) in [4.78, 5) is 0.743. The van der Waals surface area contributed by atoms with Crippen LogP contribution in [0.3, 0.4) is 0 Å². The van der Waals surface area contributed by atoms with Gasteiger partial charge in [0.1, 0.15) is 0 Å². The Bertz CT molecular complexity index is 613. The molecule has 21 heavy (non-hydrogen) atoms. The van der Waals surface area contributed by atoms with Crippen LogP contribution in [0.4, 0.5) is 26.3 Å². The smallest absolute Gasteiger partial charge is 0.166 e. The van der Waals surface area contributed by atoms with Crippen molar-refractivity contribution in [3.8, 4) is 0 Å². The third-order valence-corrected chi connectivity index (χ3v) is 3.58. The fourth-order valence-corrected chi connectivity index (χ4v) is 2.46. The fourth-order valence-electron chi connectivity index (χ4n) is 1.58. The first-order chi connectivity index (χ1) is 9.66. The molecular weight excluding hydrogens is 314 g/mol. The summed E-state index contributed by atoms with van der Waals surface area (Å²) in [5.41, 5.74) is -1.59. The predicted molar refractivity (Wildman–Crippen MR) is 67.0 cm³/mol. The molecule has 0 saturated heterocycles. The first kappa shape index (κ1) is 15.8. The van der Waals surface area contributed by atoms with Gasteiger partial charge in [-0.3, -0.25) is 0 Å². The van der Waals surface area contributed by atoms with E-state index in [1.165, 1.54) is 24.3 Å². The largest absolute Gasteiger partial charge is 0.416 e. The van der Waals surface area contributed by atoms with Crippen molar-refractivity contribution in [1.82, 2.24) is 0 Å². The zero-order valence-electron chi connectivity index (χ0n) is 10.3. The monoisotopic (exact) mass is 322 g/mol. The van der Waals surface area contributed by atoms with E-state index >= 15 is 0 Å². The van der Waals surface area contributed by atoms with Gasteiger partial charge in [-0.25, -0.2) is 0 Å². The van der Waals surface area contributed by atoms with Crippen molar-refractivity contribution >= 4 is 11.8 Å². The van der Waals surface area contributed by atoms with Gasteiger partial charge in [-0.2, -0.15) is 26.3 Å². The standard InChI is InChI=1S/C14H8F6S/c15-13(16,17)9-4-6-11(7-5-9)21-12-3-1-2-10(8-12)14(18,19)20/h1-8H. The summed E-state index contributed by atoms with van der Waals surface area (Å²) in [7, 11) is 0. The zero-order chi connectivity index (χ0) is 15.7. The normalized spacial score (nSPS) is 12.5. The van der Waals surface area contributed by atoms with Crippen molar-refractivity contribution < 1.29 is 26.3 Å². The highest BCUT2D eigenvalue weighted by Gasteiger charge is 2.31. The van der Waals surface area contributed by atoms with E-state index in [-0.39, 0.29) is 0 Å². The van der Waals surface area contributed by atoms with Gasteiger partial charge in [0.25, 0.3) is 0 Å². The lowest BCUT2D eigenvalue weighted by Crippen LogP contribution is -2.04. The fraction of sp³-hybridized carbons (Fsp3) is 0.143. The lowest BCUT2D eigenvalue weighted by molar-refractivity contribution is -0.138. The summed E-state index contributed by atoms with van der Waals surface area (Å²) in [5, 5.41) is 0. The molecule has 0 nitrogen and oxygen atoms in total. The van der Waals surface area contributed by atoms with E-state index in [1.807, 2.05) is 0 Å². The third-order valence-electron chi connectivity index (χ3n) is 2.58. The Labute approximate surface area is 120 Å². The van der Waals surface area contributed by atoms with Gasteiger partial charge in [0.15, 0.2) is 0 Å². The molecule has 112 valence electrons. The van der Waals surface area contributed by atoms with Gasteiger partial charge in [-0.1, -0.05) is 17.8 Å². The molecule has 0 amide bonds. The van der Waals surface area contributed by atoms with Crippen LogP contribution in [0.2, 0.25) is 0 Å². The zero-order valence-corrected chi connectivity index (χ0v) is 11.1. The maximum atomic E-state index is 12.6. The van der Waals surface area contributed by atoms with Crippen LogP contribution in [-0.2, 0) is 12.4 Å². The Morgan fingerprint density at radius 2 is 1.19 bits per heavy atom. The van der Waals surface area contributed by atoms with E-state index in [1.54, 1.807) is 0 Å². The van der Waals surface area contributed by atoms with Gasteiger partial charge >= 0.3 is 12.4 Å². The van der Waals surface area contributed by atoms with Gasteiger partial charge in [0.2, 0.25) is 0 Å². The van der Waals surface area contributed by atoms with Crippen LogP contribution in [0.5, 0.6) is 0 Å². The molecule has 0 aliphatic carbocycles. The Balaban J connectivity index is 2.19. The van der Waals surface area contributed by atoms with Crippen LogP contribution < -0.4 is 0 Å². The SMILES string of the molecule is FC(F)(F)c1ccc(Sc2cccc(C(F)(F)F)c2)cc1. The maximum absolute atomic E-state index is 12.6. The van der Waals surface area contributed by atoms with E-state index in [0.717, 1.165) is 36.0 Å². The van der Waals surface area contributed by atoms with Crippen LogP contribution in [0.15, 0.2) is 58.3 Å². The predicted octanol–water partition coefficient (Wildman–Crippen LogP) is 5.88. The lowest BCUT2D eigenvalue weighted by atomic mass is 10.2. The first-order valence-electron chi connectivity index (χ1n) is 5.68. The molecule has 0 aliphatic heterocycles. The quantitative estimate of drug-likeness (QED) is 0.623. The van der Waals surface area contributed by atoms with E-state index in [9.17, 15) is 26.3 Å². The summed E-state index contributed by atoms with van der Waals surface area (Å²) in [6.07, 6.45) is -8.88. The molecule has 0 unspecified atom stereocenters. The second-order valence-electron chi connectivity index (χ2n) is 4.15. The molecule has 0 fully saturated rings. The molecule has 0 spiro atoms. The molecule has 2 aromatic rings. The van der Waals surface area contributed by atoms with Crippen LogP contribution >= 0.6 is 11.8 Å². The van der Waals surface area contributed by atoms with E-state index in [2.05, 4.69) is 0 Å². The number of rotatable bonds is 2. The van der Waals surface area contributed by atoms with Crippen molar-refractivity contribution in [3.63, 3.8) is 0 Å². The average molecular weight is 322 g/mol. The number of alkyl halides is 6. The van der Waals surface area contributed by atoms with E-state index < -0.39 is 23.5 Å². The molecular formula is C14H8F6S. The molecule has 0 N–H and O–H groups in total. The summed E-state index contributed by atoms with van der Waals surface area (Å²) in [5.74, 6) is 0. The Morgan fingerprint density at radius 1 is 0.619 bits per heavy atom. The number of benzene rings is 2. The van der Waals surface area contributed by atoms with Crippen LogP contribution in [-0.4, -0.2) is 0 Å². The van der Waals surface area contributed by atoms with Gasteiger partial charge in [-0.05, 0) is 42.5 Å². The first-order valence-corrected chi connectivity index (χ1v) is 6.50. The number of hydrogen-bond acceptors (Lipinski definition) is 1. The van der Waals surface area contributed by atoms with Gasteiger partial charge in [-0.15, -0.1) is 0 Å². The second kappa shape index (κ2) is 5.63. The van der Waals surface area contributed by atoms with Crippen molar-refractivity contribution in [2.24, 2.45) is 0 Å². The van der Waals surface area contributed by atoms with Gasteiger partial charge < -0.3 is 0 Å². The van der Waals surface area contributed by atoms with Crippen LogP contribution in [0.1, 0.15) is 11.1 Å². The van der Waals surface area contributed by atoms with Crippen molar-refractivity contribution in [2.75, 3.05) is 0 Å². The third kappa shape index (κ3) is 4.17. The molecule has 0 aliphatic rings. The molecule has 7 heteroatoms. The second-order valence-corrected chi connectivity index (χ2v) is 5.30. The minimum absolute atomic E-state index is 0.310. The van der Waals surface area contributed by atoms with Crippen LogP contribution in [0, 0.1) is 0 Å². The Hall–Kier alpha value is -1.63. The molecule has 0 bridgehead atoms. The highest BCUT2D eigenvalue weighted by Crippen LogP contribution is 2.35.